The Hall–Kier alpha value is -5.74. The fourth-order valence-electron chi connectivity index (χ4n) is 7.30. The molecule has 0 amide bonds. The van der Waals surface area contributed by atoms with Gasteiger partial charge in [-0.3, -0.25) is 9.59 Å². The summed E-state index contributed by atoms with van der Waals surface area (Å²) >= 11 is 0. The number of hydrogen-bond acceptors (Lipinski definition) is 10. The number of carbonyl (C=O) groups excluding carboxylic acids is 2. The van der Waals surface area contributed by atoms with Crippen molar-refractivity contribution in [3.05, 3.63) is 117 Å². The zero-order chi connectivity index (χ0) is 35.8. The van der Waals surface area contributed by atoms with Gasteiger partial charge in [-0.2, -0.15) is 10.5 Å². The number of allylic oxidation sites excluding steroid dienone is 6. The van der Waals surface area contributed by atoms with Gasteiger partial charge < -0.3 is 30.4 Å². The maximum atomic E-state index is 13.4. The van der Waals surface area contributed by atoms with Gasteiger partial charge in [0, 0.05) is 48.0 Å². The van der Waals surface area contributed by atoms with Crippen molar-refractivity contribution in [2.45, 2.75) is 65.2 Å². The number of nitriles is 2. The molecule has 2 atom stereocenters. The third-order valence-corrected chi connectivity index (χ3v) is 9.45. The summed E-state index contributed by atoms with van der Waals surface area (Å²) in [6, 6.07) is 18.9. The number of Topliss-reactive ketones (excluding diaryl/α,β-unsaturated/α-hetero) is 2. The molecule has 0 aromatic heterocycles. The van der Waals surface area contributed by atoms with Crippen LogP contribution in [0.5, 0.6) is 11.5 Å². The Balaban J connectivity index is 1.19. The Morgan fingerprint density at radius 2 is 1.08 bits per heavy atom. The van der Waals surface area contributed by atoms with Crippen LogP contribution in [-0.2, 0) is 19.1 Å². The van der Waals surface area contributed by atoms with Crippen molar-refractivity contribution in [2.75, 3.05) is 13.2 Å². The van der Waals surface area contributed by atoms with E-state index in [1.165, 1.54) is 0 Å². The molecule has 2 unspecified atom stereocenters. The van der Waals surface area contributed by atoms with Gasteiger partial charge in [-0.15, -0.1) is 0 Å². The standard InChI is InChI=1S/C40H40N4O6/c1-39(2)17-27(45)35-31(19-39)49-37(43)25(21-41)33(35)23-11-5-7-13-29(23)47-15-9-10-16-48-30-14-8-6-12-24(30)34-26(22-42)38(44)50-32-20-40(3,4)18-28(46)36(32)34/h5-14,33-34H,15-20,43-44H2,1-4H3/b10-9-. The Bertz CT molecular complexity index is 1870. The topological polar surface area (TPSA) is 171 Å². The number of nitrogens with two attached hydrogens (primary N) is 2. The van der Waals surface area contributed by atoms with Gasteiger partial charge in [-0.1, -0.05) is 64.1 Å². The van der Waals surface area contributed by atoms with Crippen molar-refractivity contribution in [1.82, 2.24) is 0 Å². The first-order valence-corrected chi connectivity index (χ1v) is 16.6. The van der Waals surface area contributed by atoms with Crippen LogP contribution < -0.4 is 20.9 Å². The lowest BCUT2D eigenvalue weighted by molar-refractivity contribution is -0.119. The molecular formula is C40H40N4O6. The van der Waals surface area contributed by atoms with Gasteiger partial charge in [0.05, 0.1) is 11.8 Å². The van der Waals surface area contributed by atoms with Crippen LogP contribution in [0.3, 0.4) is 0 Å². The van der Waals surface area contributed by atoms with E-state index in [1.54, 1.807) is 24.3 Å². The Morgan fingerprint density at radius 1 is 0.700 bits per heavy atom. The molecule has 10 nitrogen and oxygen atoms in total. The normalized spacial score (nSPS) is 22.7. The van der Waals surface area contributed by atoms with E-state index in [0.29, 0.717) is 71.0 Å². The number of rotatable bonds is 8. The molecule has 4 N–H and O–H groups in total. The van der Waals surface area contributed by atoms with Crippen LogP contribution >= 0.6 is 0 Å². The predicted octanol–water partition coefficient (Wildman–Crippen LogP) is 6.60. The summed E-state index contributed by atoms with van der Waals surface area (Å²) in [5, 5.41) is 20.1. The van der Waals surface area contributed by atoms with Crippen molar-refractivity contribution < 1.29 is 28.5 Å². The summed E-state index contributed by atoms with van der Waals surface area (Å²) in [6.07, 6.45) is 5.34. The highest BCUT2D eigenvalue weighted by molar-refractivity contribution is 6.01. The van der Waals surface area contributed by atoms with Crippen molar-refractivity contribution in [2.24, 2.45) is 22.3 Å². The van der Waals surface area contributed by atoms with E-state index in [0.717, 1.165) is 0 Å². The molecule has 0 saturated heterocycles. The molecule has 2 aromatic rings. The van der Waals surface area contributed by atoms with Crippen molar-refractivity contribution >= 4 is 11.6 Å². The highest BCUT2D eigenvalue weighted by atomic mass is 16.5. The maximum Gasteiger partial charge on any atom is 0.205 e. The van der Waals surface area contributed by atoms with Gasteiger partial charge >= 0.3 is 0 Å². The minimum Gasteiger partial charge on any atom is -0.489 e. The van der Waals surface area contributed by atoms with Gasteiger partial charge in [0.15, 0.2) is 11.6 Å². The van der Waals surface area contributed by atoms with Gasteiger partial charge in [0.25, 0.3) is 0 Å². The van der Waals surface area contributed by atoms with Crippen LogP contribution in [-0.4, -0.2) is 24.8 Å². The van der Waals surface area contributed by atoms with Crippen molar-refractivity contribution in [3.63, 3.8) is 0 Å². The van der Waals surface area contributed by atoms with Crippen LogP contribution in [0.1, 0.15) is 76.3 Å². The number of para-hydroxylation sites is 2. The van der Waals surface area contributed by atoms with E-state index in [4.69, 9.17) is 30.4 Å². The fraction of sp³-hybridized carbons (Fsp3) is 0.350. The van der Waals surface area contributed by atoms with E-state index in [2.05, 4.69) is 12.1 Å². The second-order valence-corrected chi connectivity index (χ2v) is 14.6. The second-order valence-electron chi connectivity index (χ2n) is 14.6. The third kappa shape index (κ3) is 6.49. The summed E-state index contributed by atoms with van der Waals surface area (Å²) in [4.78, 5) is 26.8. The van der Waals surface area contributed by atoms with E-state index in [9.17, 15) is 20.1 Å². The third-order valence-electron chi connectivity index (χ3n) is 9.45. The molecular weight excluding hydrogens is 632 g/mol. The van der Waals surface area contributed by atoms with Gasteiger partial charge in [-0.05, 0) is 35.1 Å². The van der Waals surface area contributed by atoms with E-state index < -0.39 is 11.8 Å². The molecule has 6 rings (SSSR count). The number of benzene rings is 2. The number of nitrogens with zero attached hydrogens (tertiary/aromatic N) is 2. The Labute approximate surface area is 291 Å². The van der Waals surface area contributed by atoms with E-state index in [-0.39, 0.29) is 58.5 Å². The van der Waals surface area contributed by atoms with Crippen LogP contribution in [0.15, 0.2) is 106 Å². The lowest BCUT2D eigenvalue weighted by Gasteiger charge is -2.37. The predicted molar refractivity (Wildman–Crippen MR) is 184 cm³/mol. The highest BCUT2D eigenvalue weighted by Gasteiger charge is 2.45. The minimum atomic E-state index is -0.698. The van der Waals surface area contributed by atoms with Gasteiger partial charge in [-0.25, -0.2) is 0 Å². The molecule has 10 heteroatoms. The molecule has 0 saturated carbocycles. The molecule has 2 aromatic carbocycles. The largest absolute Gasteiger partial charge is 0.489 e. The average molecular weight is 673 g/mol. The SMILES string of the molecule is CC1(C)CC(=O)C2=C(C1)OC(N)=C(C#N)C2c1ccccc1OC/C=C\COc1ccccc1C1C(C#N)=C(N)OC2=C1C(=O)CC(C)(C)C2. The molecule has 4 aliphatic rings. The molecule has 2 heterocycles. The summed E-state index contributed by atoms with van der Waals surface area (Å²) < 4.78 is 24.0. The summed E-state index contributed by atoms with van der Waals surface area (Å²) in [5.41, 5.74) is 14.4. The first-order chi connectivity index (χ1) is 23.8. The number of carbonyl (C=O) groups is 2. The fourth-order valence-corrected chi connectivity index (χ4v) is 7.30. The first kappa shape index (κ1) is 34.1. The quantitative estimate of drug-likeness (QED) is 0.291. The summed E-state index contributed by atoms with van der Waals surface area (Å²) in [5.74, 6) is 0.494. The average Bonchev–Trinajstić information content (AvgIpc) is 3.04. The van der Waals surface area contributed by atoms with Crippen LogP contribution in [0.4, 0.5) is 0 Å². The summed E-state index contributed by atoms with van der Waals surface area (Å²) in [6.45, 7) is 8.38. The Kier molecular flexibility index (Phi) is 9.07. The molecule has 2 aliphatic heterocycles. The molecule has 0 radical (unpaired) electrons. The maximum absolute atomic E-state index is 13.4. The van der Waals surface area contributed by atoms with Crippen LogP contribution in [0.2, 0.25) is 0 Å². The lowest BCUT2D eigenvalue weighted by atomic mass is 9.70. The highest BCUT2D eigenvalue weighted by Crippen LogP contribution is 2.51. The zero-order valence-electron chi connectivity index (χ0n) is 28.7. The summed E-state index contributed by atoms with van der Waals surface area (Å²) in [7, 11) is 0. The molecule has 256 valence electrons. The number of hydrogen-bond donors (Lipinski definition) is 2. The van der Waals surface area contributed by atoms with Crippen LogP contribution in [0, 0.1) is 33.5 Å². The van der Waals surface area contributed by atoms with E-state index >= 15 is 0 Å². The number of ether oxygens (including phenoxy) is 4. The number of ketones is 2. The Morgan fingerprint density at radius 3 is 1.46 bits per heavy atom. The van der Waals surface area contributed by atoms with Crippen LogP contribution in [0.25, 0.3) is 0 Å². The lowest BCUT2D eigenvalue weighted by Crippen LogP contribution is -2.33. The first-order valence-electron chi connectivity index (χ1n) is 16.6. The second kappa shape index (κ2) is 13.3. The molecule has 50 heavy (non-hydrogen) atoms. The zero-order valence-corrected chi connectivity index (χ0v) is 28.7. The molecule has 0 spiro atoms. The molecule has 2 aliphatic carbocycles. The van der Waals surface area contributed by atoms with Crippen molar-refractivity contribution in [3.8, 4) is 23.6 Å². The molecule has 0 fully saturated rings. The van der Waals surface area contributed by atoms with Crippen molar-refractivity contribution in [1.29, 1.82) is 10.5 Å². The van der Waals surface area contributed by atoms with Gasteiger partial charge in [0.1, 0.15) is 59.5 Å². The smallest absolute Gasteiger partial charge is 0.205 e. The monoisotopic (exact) mass is 672 g/mol. The molecule has 0 bridgehead atoms. The minimum absolute atomic E-state index is 0.00101. The van der Waals surface area contributed by atoms with E-state index in [1.807, 2.05) is 64.1 Å². The van der Waals surface area contributed by atoms with Gasteiger partial charge in [0.2, 0.25) is 11.8 Å².